The van der Waals surface area contributed by atoms with E-state index in [4.69, 9.17) is 0 Å². The Hall–Kier alpha value is -1.95. The minimum atomic E-state index is -1.16. The number of fused-ring (bicyclic) bond motifs is 1. The Labute approximate surface area is 130 Å². The largest absolute Gasteiger partial charge is 0.480 e. The summed E-state index contributed by atoms with van der Waals surface area (Å²) in [6.45, 7) is 1.80. The molecule has 1 aromatic heterocycles. The third kappa shape index (κ3) is 2.37. The number of benzene rings is 1. The lowest BCUT2D eigenvalue weighted by atomic mass is 9.97. The molecule has 116 valence electrons. The second-order valence-electron chi connectivity index (χ2n) is 5.75. The molecule has 1 saturated carbocycles. The molecule has 0 unspecified atom stereocenters. The van der Waals surface area contributed by atoms with E-state index in [1.165, 1.54) is 23.5 Å². The number of aryl methyl sites for hydroxylation is 1. The quantitative estimate of drug-likeness (QED) is 0.909. The zero-order chi connectivity index (χ0) is 15.9. The van der Waals surface area contributed by atoms with Crippen molar-refractivity contribution in [2.24, 2.45) is 0 Å². The summed E-state index contributed by atoms with van der Waals surface area (Å²) in [6.07, 6.45) is 2.49. The number of carboxylic acid groups (broad SMARTS) is 1. The molecule has 1 aromatic carbocycles. The minimum absolute atomic E-state index is 0.349. The number of nitrogens with one attached hydrogen (secondary N) is 1. The molecule has 1 aliphatic rings. The van der Waals surface area contributed by atoms with Gasteiger partial charge in [-0.1, -0.05) is 18.9 Å². The number of halogens is 1. The zero-order valence-electron chi connectivity index (χ0n) is 12.1. The smallest absolute Gasteiger partial charge is 0.329 e. The van der Waals surface area contributed by atoms with Gasteiger partial charge >= 0.3 is 5.97 Å². The van der Waals surface area contributed by atoms with Gasteiger partial charge in [-0.3, -0.25) is 4.79 Å². The molecular formula is C16H16FNO3S. The van der Waals surface area contributed by atoms with Gasteiger partial charge in [-0.05, 0) is 42.8 Å². The highest BCUT2D eigenvalue weighted by molar-refractivity contribution is 7.21. The van der Waals surface area contributed by atoms with Gasteiger partial charge in [-0.2, -0.15) is 0 Å². The van der Waals surface area contributed by atoms with E-state index in [-0.39, 0.29) is 11.7 Å². The second kappa shape index (κ2) is 5.35. The van der Waals surface area contributed by atoms with E-state index in [0.29, 0.717) is 22.4 Å². The number of hydrogen-bond acceptors (Lipinski definition) is 3. The molecule has 1 fully saturated rings. The molecule has 4 nitrogen and oxygen atoms in total. The topological polar surface area (TPSA) is 66.4 Å². The van der Waals surface area contributed by atoms with Gasteiger partial charge in [0.25, 0.3) is 5.91 Å². The van der Waals surface area contributed by atoms with Crippen LogP contribution in [0.3, 0.4) is 0 Å². The van der Waals surface area contributed by atoms with Crippen LogP contribution in [0.4, 0.5) is 4.39 Å². The van der Waals surface area contributed by atoms with Crippen molar-refractivity contribution in [1.29, 1.82) is 0 Å². The van der Waals surface area contributed by atoms with Crippen LogP contribution >= 0.6 is 11.3 Å². The van der Waals surface area contributed by atoms with Crippen LogP contribution in [-0.4, -0.2) is 22.5 Å². The van der Waals surface area contributed by atoms with E-state index in [0.717, 1.165) is 23.8 Å². The average Bonchev–Trinajstić information content (AvgIpc) is 3.05. The van der Waals surface area contributed by atoms with Crippen LogP contribution in [0.25, 0.3) is 10.1 Å². The zero-order valence-corrected chi connectivity index (χ0v) is 12.9. The van der Waals surface area contributed by atoms with Gasteiger partial charge in [0.15, 0.2) is 0 Å². The lowest BCUT2D eigenvalue weighted by molar-refractivity contribution is -0.144. The molecule has 1 heterocycles. The monoisotopic (exact) mass is 321 g/mol. The molecule has 2 aromatic rings. The van der Waals surface area contributed by atoms with Gasteiger partial charge in [-0.15, -0.1) is 11.3 Å². The van der Waals surface area contributed by atoms with Crippen molar-refractivity contribution in [2.45, 2.75) is 38.1 Å². The molecule has 0 atom stereocenters. The Morgan fingerprint density at radius 1 is 1.32 bits per heavy atom. The maximum absolute atomic E-state index is 13.3. The first-order chi connectivity index (χ1) is 10.4. The molecule has 1 amide bonds. The summed E-state index contributed by atoms with van der Waals surface area (Å²) < 4.78 is 14.0. The highest BCUT2D eigenvalue weighted by atomic mass is 32.1. The molecule has 22 heavy (non-hydrogen) atoms. The van der Waals surface area contributed by atoms with Gasteiger partial charge in [0, 0.05) is 4.70 Å². The van der Waals surface area contributed by atoms with Crippen molar-refractivity contribution in [3.63, 3.8) is 0 Å². The lowest BCUT2D eigenvalue weighted by Crippen LogP contribution is -2.52. The summed E-state index contributed by atoms with van der Waals surface area (Å²) in [5.74, 6) is -1.72. The fourth-order valence-electron chi connectivity index (χ4n) is 3.06. The summed E-state index contributed by atoms with van der Waals surface area (Å²) in [5.41, 5.74) is -0.402. The van der Waals surface area contributed by atoms with E-state index in [2.05, 4.69) is 5.32 Å². The van der Waals surface area contributed by atoms with Crippen LogP contribution in [-0.2, 0) is 4.79 Å². The number of carbonyl (C=O) groups is 2. The van der Waals surface area contributed by atoms with E-state index in [1.807, 2.05) is 0 Å². The highest BCUT2D eigenvalue weighted by Crippen LogP contribution is 2.34. The summed E-state index contributed by atoms with van der Waals surface area (Å²) in [6, 6.07) is 4.40. The van der Waals surface area contributed by atoms with Crippen molar-refractivity contribution in [3.05, 3.63) is 34.5 Å². The third-order valence-electron chi connectivity index (χ3n) is 4.33. The van der Waals surface area contributed by atoms with Gasteiger partial charge in [0.1, 0.15) is 11.4 Å². The molecule has 0 aliphatic heterocycles. The Bertz CT molecular complexity index is 762. The van der Waals surface area contributed by atoms with Crippen LogP contribution in [0.1, 0.15) is 40.9 Å². The number of carbonyl (C=O) groups excluding carboxylic acids is 1. The maximum Gasteiger partial charge on any atom is 0.329 e. The van der Waals surface area contributed by atoms with Crippen molar-refractivity contribution in [2.75, 3.05) is 0 Å². The van der Waals surface area contributed by atoms with Crippen molar-refractivity contribution in [3.8, 4) is 0 Å². The van der Waals surface area contributed by atoms with Gasteiger partial charge in [0.05, 0.1) is 4.88 Å². The number of thiophene rings is 1. The second-order valence-corrected chi connectivity index (χ2v) is 6.80. The molecule has 3 rings (SSSR count). The molecule has 0 spiro atoms. The van der Waals surface area contributed by atoms with Gasteiger partial charge < -0.3 is 10.4 Å². The molecule has 1 aliphatic carbocycles. The summed E-state index contributed by atoms with van der Waals surface area (Å²) in [5, 5.41) is 13.0. The number of rotatable bonds is 3. The van der Waals surface area contributed by atoms with Gasteiger partial charge in [0.2, 0.25) is 0 Å². The SMILES string of the molecule is Cc1c(C(=O)NC2(C(=O)O)CCCC2)sc2cc(F)ccc12. The molecule has 0 radical (unpaired) electrons. The third-order valence-corrected chi connectivity index (χ3v) is 5.58. The number of hydrogen-bond donors (Lipinski definition) is 2. The van der Waals surface area contributed by atoms with E-state index < -0.39 is 11.5 Å². The Morgan fingerprint density at radius 3 is 2.64 bits per heavy atom. The first kappa shape index (κ1) is 15.0. The number of amides is 1. The number of carboxylic acids is 1. The molecule has 2 N–H and O–H groups in total. The Balaban J connectivity index is 1.95. The predicted octanol–water partition coefficient (Wildman–Crippen LogP) is 3.48. The predicted molar refractivity (Wildman–Crippen MR) is 82.8 cm³/mol. The lowest BCUT2D eigenvalue weighted by Gasteiger charge is -2.25. The van der Waals surface area contributed by atoms with Gasteiger partial charge in [-0.25, -0.2) is 9.18 Å². The van der Waals surface area contributed by atoms with Crippen LogP contribution in [0.15, 0.2) is 18.2 Å². The Morgan fingerprint density at radius 2 is 2.00 bits per heavy atom. The first-order valence-corrected chi connectivity index (χ1v) is 7.99. The molecule has 6 heteroatoms. The molecule has 0 saturated heterocycles. The van der Waals surface area contributed by atoms with Crippen LogP contribution in [0.2, 0.25) is 0 Å². The molecular weight excluding hydrogens is 305 g/mol. The fourth-order valence-corrected chi connectivity index (χ4v) is 4.19. The maximum atomic E-state index is 13.3. The van der Waals surface area contributed by atoms with Crippen molar-refractivity contribution >= 4 is 33.3 Å². The van der Waals surface area contributed by atoms with Crippen molar-refractivity contribution in [1.82, 2.24) is 5.32 Å². The van der Waals surface area contributed by atoms with E-state index in [1.54, 1.807) is 13.0 Å². The highest BCUT2D eigenvalue weighted by Gasteiger charge is 2.43. The molecule has 0 bridgehead atoms. The van der Waals surface area contributed by atoms with Crippen LogP contribution < -0.4 is 5.32 Å². The van der Waals surface area contributed by atoms with Crippen LogP contribution in [0, 0.1) is 12.7 Å². The summed E-state index contributed by atoms with van der Waals surface area (Å²) in [4.78, 5) is 24.5. The minimum Gasteiger partial charge on any atom is -0.480 e. The van der Waals surface area contributed by atoms with E-state index in [9.17, 15) is 19.1 Å². The number of aliphatic carboxylic acids is 1. The standard InChI is InChI=1S/C16H16FNO3S/c1-9-11-5-4-10(17)8-12(11)22-13(9)14(19)18-16(15(20)21)6-2-3-7-16/h4-5,8H,2-3,6-7H2,1H3,(H,18,19)(H,20,21). The first-order valence-electron chi connectivity index (χ1n) is 7.17. The summed E-state index contributed by atoms with van der Waals surface area (Å²) >= 11 is 1.19. The van der Waals surface area contributed by atoms with Crippen molar-refractivity contribution < 1.29 is 19.1 Å². The Kier molecular flexibility index (Phi) is 3.64. The van der Waals surface area contributed by atoms with Crippen LogP contribution in [0.5, 0.6) is 0 Å². The fraction of sp³-hybridized carbons (Fsp3) is 0.375. The summed E-state index contributed by atoms with van der Waals surface area (Å²) in [7, 11) is 0. The average molecular weight is 321 g/mol. The van der Waals surface area contributed by atoms with E-state index >= 15 is 0 Å². The normalized spacial score (nSPS) is 16.8.